The van der Waals surface area contributed by atoms with Crippen LogP contribution in [-0.4, -0.2) is 30.3 Å². The van der Waals surface area contributed by atoms with Gasteiger partial charge in [-0.05, 0) is 31.6 Å². The summed E-state index contributed by atoms with van der Waals surface area (Å²) in [5.41, 5.74) is 4.29. The summed E-state index contributed by atoms with van der Waals surface area (Å²) in [7, 11) is 0. The molecule has 0 saturated heterocycles. The lowest BCUT2D eigenvalue weighted by Crippen LogP contribution is -2.60. The second-order valence-electron chi connectivity index (χ2n) is 5.67. The number of halogens is 6. The Hall–Kier alpha value is -0.990. The van der Waals surface area contributed by atoms with E-state index in [4.69, 9.17) is 5.73 Å². The van der Waals surface area contributed by atoms with Gasteiger partial charge in [-0.25, -0.2) is 0 Å². The lowest BCUT2D eigenvalue weighted by Gasteiger charge is -2.40. The minimum Gasteiger partial charge on any atom is -0.349 e. The predicted octanol–water partition coefficient (Wildman–Crippen LogP) is 2.75. The first-order valence-electron chi connectivity index (χ1n) is 6.57. The van der Waals surface area contributed by atoms with E-state index in [1.165, 1.54) is 0 Å². The van der Waals surface area contributed by atoms with E-state index < -0.39 is 29.7 Å². The molecule has 1 aliphatic carbocycles. The normalized spacial score (nSPS) is 27.8. The Morgan fingerprint density at radius 2 is 1.62 bits per heavy atom. The van der Waals surface area contributed by atoms with Crippen LogP contribution in [0.3, 0.4) is 0 Å². The monoisotopic (exact) mass is 320 g/mol. The van der Waals surface area contributed by atoms with E-state index in [2.05, 4.69) is 0 Å². The number of amides is 1. The molecule has 0 aromatic carbocycles. The third-order valence-electron chi connectivity index (χ3n) is 3.93. The molecular formula is C12H18F6N2O. The van der Waals surface area contributed by atoms with Crippen molar-refractivity contribution in [2.45, 2.75) is 50.5 Å². The summed E-state index contributed by atoms with van der Waals surface area (Å²) in [6.07, 6.45) is -9.61. The van der Waals surface area contributed by atoms with Gasteiger partial charge in [0.2, 0.25) is 11.8 Å². The van der Waals surface area contributed by atoms with Gasteiger partial charge in [0, 0.05) is 6.54 Å². The van der Waals surface area contributed by atoms with E-state index in [9.17, 15) is 31.1 Å². The third kappa shape index (κ3) is 4.49. The lowest BCUT2D eigenvalue weighted by molar-refractivity contribution is -0.274. The molecular weight excluding hydrogens is 302 g/mol. The topological polar surface area (TPSA) is 55.1 Å². The van der Waals surface area contributed by atoms with Gasteiger partial charge in [0.15, 0.2) is 0 Å². The molecule has 1 saturated carbocycles. The number of alkyl halides is 6. The molecule has 0 atom stereocenters. The minimum atomic E-state index is -5.68. The smallest absolute Gasteiger partial charge is 0.349 e. The third-order valence-corrected chi connectivity index (χ3v) is 3.93. The Morgan fingerprint density at radius 1 is 1.19 bits per heavy atom. The van der Waals surface area contributed by atoms with Crippen molar-refractivity contribution in [1.29, 1.82) is 0 Å². The first-order chi connectivity index (χ1) is 9.41. The molecule has 9 heteroatoms. The second kappa shape index (κ2) is 6.02. The number of rotatable bonds is 3. The average Bonchev–Trinajstić information content (AvgIpc) is 2.28. The highest BCUT2D eigenvalue weighted by Crippen LogP contribution is 2.40. The molecule has 0 bridgehead atoms. The van der Waals surface area contributed by atoms with E-state index in [-0.39, 0.29) is 19.4 Å². The fraction of sp³-hybridized carbons (Fsp3) is 0.917. The first-order valence-corrected chi connectivity index (χ1v) is 6.57. The van der Waals surface area contributed by atoms with Crippen molar-refractivity contribution < 1.29 is 31.1 Å². The summed E-state index contributed by atoms with van der Waals surface area (Å²) < 4.78 is 75.0. The van der Waals surface area contributed by atoms with Crippen LogP contribution in [0.15, 0.2) is 0 Å². The van der Waals surface area contributed by atoms with Crippen LogP contribution < -0.4 is 11.1 Å². The maximum Gasteiger partial charge on any atom is 0.409 e. The van der Waals surface area contributed by atoms with Crippen LogP contribution in [0.25, 0.3) is 0 Å². The summed E-state index contributed by atoms with van der Waals surface area (Å²) >= 11 is 0. The summed E-state index contributed by atoms with van der Waals surface area (Å²) in [4.78, 5) is 11.5. The van der Waals surface area contributed by atoms with Crippen molar-refractivity contribution in [3.05, 3.63) is 0 Å². The second-order valence-corrected chi connectivity index (χ2v) is 5.67. The van der Waals surface area contributed by atoms with Crippen molar-refractivity contribution in [3.8, 4) is 0 Å². The van der Waals surface area contributed by atoms with Crippen molar-refractivity contribution in [1.82, 2.24) is 5.32 Å². The number of hydrogen-bond acceptors (Lipinski definition) is 2. The summed E-state index contributed by atoms with van der Waals surface area (Å²) in [5, 5.41) is 1.91. The Morgan fingerprint density at radius 3 is 1.95 bits per heavy atom. The van der Waals surface area contributed by atoms with E-state index in [0.717, 1.165) is 0 Å². The van der Waals surface area contributed by atoms with Crippen LogP contribution in [0.1, 0.15) is 32.6 Å². The van der Waals surface area contributed by atoms with E-state index in [0.29, 0.717) is 18.8 Å². The molecule has 1 aliphatic rings. The summed E-state index contributed by atoms with van der Waals surface area (Å²) in [6, 6.07) is 0. The van der Waals surface area contributed by atoms with Crippen LogP contribution >= 0.6 is 0 Å². The molecule has 3 nitrogen and oxygen atoms in total. The van der Waals surface area contributed by atoms with Gasteiger partial charge in [0.1, 0.15) is 0 Å². The molecule has 0 aromatic heterocycles. The van der Waals surface area contributed by atoms with E-state index >= 15 is 0 Å². The van der Waals surface area contributed by atoms with Gasteiger partial charge < -0.3 is 11.1 Å². The SMILES string of the molecule is CC1CCC(CN)(NC(=O)C(C(F)(F)F)C(F)(F)F)CC1. The standard InChI is InChI=1S/C12H18F6N2O/c1-7-2-4-10(6-19,5-3-7)20-9(21)8(11(13,14)15)12(16,17)18/h7-8H,2-6,19H2,1H3,(H,20,21). The fourth-order valence-electron chi connectivity index (χ4n) is 2.51. The summed E-state index contributed by atoms with van der Waals surface area (Å²) in [5.74, 6) is -5.79. The highest BCUT2D eigenvalue weighted by Gasteiger charge is 2.61. The number of hydrogen-bond donors (Lipinski definition) is 2. The number of nitrogens with two attached hydrogens (primary N) is 1. The van der Waals surface area contributed by atoms with Gasteiger partial charge in [0.05, 0.1) is 5.54 Å². The lowest BCUT2D eigenvalue weighted by atomic mass is 9.77. The van der Waals surface area contributed by atoms with Gasteiger partial charge in [-0.15, -0.1) is 0 Å². The molecule has 0 radical (unpaired) electrons. The molecule has 0 spiro atoms. The van der Waals surface area contributed by atoms with Crippen molar-refractivity contribution in [2.24, 2.45) is 17.6 Å². The van der Waals surface area contributed by atoms with Crippen LogP contribution in [0, 0.1) is 11.8 Å². The maximum absolute atomic E-state index is 12.5. The van der Waals surface area contributed by atoms with Gasteiger partial charge in [-0.2, -0.15) is 26.3 Å². The number of carbonyl (C=O) groups is 1. The van der Waals surface area contributed by atoms with Gasteiger partial charge >= 0.3 is 12.4 Å². The Kier molecular flexibility index (Phi) is 5.18. The van der Waals surface area contributed by atoms with Crippen LogP contribution in [0.5, 0.6) is 0 Å². The quantitative estimate of drug-likeness (QED) is 0.786. The van der Waals surface area contributed by atoms with Crippen LogP contribution in [-0.2, 0) is 4.79 Å². The van der Waals surface area contributed by atoms with Gasteiger partial charge in [-0.1, -0.05) is 6.92 Å². The van der Waals surface area contributed by atoms with E-state index in [1.54, 1.807) is 0 Å². The molecule has 1 rings (SSSR count). The Balaban J connectivity index is 2.90. The largest absolute Gasteiger partial charge is 0.409 e. The minimum absolute atomic E-state index is 0.187. The average molecular weight is 320 g/mol. The molecule has 124 valence electrons. The number of nitrogens with one attached hydrogen (secondary N) is 1. The Labute approximate surface area is 118 Å². The molecule has 1 fully saturated rings. The summed E-state index contributed by atoms with van der Waals surface area (Å²) in [6.45, 7) is 1.74. The molecule has 1 amide bonds. The molecule has 21 heavy (non-hydrogen) atoms. The number of carbonyl (C=O) groups excluding carboxylic acids is 1. The van der Waals surface area contributed by atoms with Gasteiger partial charge in [-0.3, -0.25) is 4.79 Å². The van der Waals surface area contributed by atoms with Crippen LogP contribution in [0.2, 0.25) is 0 Å². The van der Waals surface area contributed by atoms with Crippen molar-refractivity contribution in [2.75, 3.05) is 6.54 Å². The first kappa shape index (κ1) is 18.1. The predicted molar refractivity (Wildman–Crippen MR) is 63.2 cm³/mol. The zero-order chi connectivity index (χ0) is 16.5. The highest BCUT2D eigenvalue weighted by atomic mass is 19.4. The molecule has 0 aromatic rings. The fourth-order valence-corrected chi connectivity index (χ4v) is 2.51. The Bertz CT molecular complexity index is 357. The maximum atomic E-state index is 12.5. The molecule has 0 aliphatic heterocycles. The molecule has 0 heterocycles. The molecule has 0 unspecified atom stereocenters. The highest BCUT2D eigenvalue weighted by molar-refractivity contribution is 5.81. The van der Waals surface area contributed by atoms with Gasteiger partial charge in [0.25, 0.3) is 0 Å². The van der Waals surface area contributed by atoms with Crippen molar-refractivity contribution >= 4 is 5.91 Å². The zero-order valence-electron chi connectivity index (χ0n) is 11.4. The zero-order valence-corrected chi connectivity index (χ0v) is 11.4. The van der Waals surface area contributed by atoms with E-state index in [1.807, 2.05) is 12.2 Å². The van der Waals surface area contributed by atoms with Crippen LogP contribution in [0.4, 0.5) is 26.3 Å². The molecule has 3 N–H and O–H groups in total. The van der Waals surface area contributed by atoms with Crippen molar-refractivity contribution in [3.63, 3.8) is 0 Å².